The molecule has 0 fully saturated rings. The van der Waals surface area contributed by atoms with Gasteiger partial charge in [0, 0.05) is 0 Å². The summed E-state index contributed by atoms with van der Waals surface area (Å²) in [4.78, 5) is 0. The van der Waals surface area contributed by atoms with Crippen LogP contribution in [0.15, 0.2) is 91.0 Å². The Morgan fingerprint density at radius 1 is 0.524 bits per heavy atom. The summed E-state index contributed by atoms with van der Waals surface area (Å²) in [6.07, 6.45) is 0. The molecule has 0 unspecified atom stereocenters. The minimum absolute atomic E-state index is 1.23. The van der Waals surface area contributed by atoms with Crippen molar-refractivity contribution in [1.29, 1.82) is 0 Å². The molecule has 0 aliphatic heterocycles. The van der Waals surface area contributed by atoms with E-state index in [9.17, 15) is 0 Å². The van der Waals surface area contributed by atoms with Gasteiger partial charge in [0.1, 0.15) is 0 Å². The van der Waals surface area contributed by atoms with Crippen LogP contribution in [-0.2, 0) is 0 Å². The van der Waals surface area contributed by atoms with Gasteiger partial charge in [-0.15, -0.1) is 0 Å². The van der Waals surface area contributed by atoms with Crippen molar-refractivity contribution in [2.45, 2.75) is 11.3 Å². The zero-order valence-electron chi connectivity index (χ0n) is 12.3. The molecule has 3 aromatic rings. The Balaban J connectivity index is 2.29. The summed E-state index contributed by atoms with van der Waals surface area (Å²) in [6, 6.07) is 33.4. The van der Waals surface area contributed by atoms with Crippen molar-refractivity contribution in [3.8, 4) is 0 Å². The van der Waals surface area contributed by atoms with Crippen LogP contribution in [0.1, 0.15) is 6.92 Å². The standard InChI is InChI=1S/3C6H5.C2H5.Sb/c3*1-2-4-6-5-3-1;1-2;/h3*1-5H;1H2,2H3;. The van der Waals surface area contributed by atoms with Crippen molar-refractivity contribution in [3.63, 3.8) is 0 Å². The van der Waals surface area contributed by atoms with E-state index < -0.39 is 18.8 Å². The molecule has 0 saturated carbocycles. The molecule has 0 aromatic heterocycles. The molecular formula is C20H20Sb. The first kappa shape index (κ1) is 14.4. The van der Waals surface area contributed by atoms with Gasteiger partial charge in [0.15, 0.2) is 0 Å². The molecule has 3 aromatic carbocycles. The van der Waals surface area contributed by atoms with E-state index in [1.807, 2.05) is 0 Å². The first-order valence-corrected chi connectivity index (χ1v) is 13.1. The van der Waals surface area contributed by atoms with Gasteiger partial charge >= 0.3 is 132 Å². The fourth-order valence-corrected chi connectivity index (χ4v) is 14.6. The van der Waals surface area contributed by atoms with Gasteiger partial charge in [-0.05, 0) is 0 Å². The van der Waals surface area contributed by atoms with Crippen LogP contribution in [0.3, 0.4) is 0 Å². The molecule has 105 valence electrons. The molecule has 0 bridgehead atoms. The zero-order valence-corrected chi connectivity index (χ0v) is 14.9. The van der Waals surface area contributed by atoms with Crippen LogP contribution in [-0.4, -0.2) is 18.8 Å². The van der Waals surface area contributed by atoms with Crippen molar-refractivity contribution >= 4 is 29.3 Å². The molecule has 0 N–H and O–H groups in total. The third-order valence-corrected chi connectivity index (χ3v) is 16.9. The molecule has 0 saturated heterocycles. The Morgan fingerprint density at radius 2 is 0.810 bits per heavy atom. The molecule has 0 spiro atoms. The fourth-order valence-electron chi connectivity index (χ4n) is 3.04. The van der Waals surface area contributed by atoms with Crippen molar-refractivity contribution in [3.05, 3.63) is 91.0 Å². The van der Waals surface area contributed by atoms with E-state index in [1.54, 1.807) is 10.5 Å². The van der Waals surface area contributed by atoms with Crippen molar-refractivity contribution in [1.82, 2.24) is 0 Å². The van der Waals surface area contributed by atoms with Gasteiger partial charge in [0.2, 0.25) is 0 Å². The first-order chi connectivity index (χ1) is 10.4. The van der Waals surface area contributed by atoms with Crippen LogP contribution < -0.4 is 10.5 Å². The molecule has 3 rings (SSSR count). The van der Waals surface area contributed by atoms with E-state index in [0.717, 1.165) is 0 Å². The Hall–Kier alpha value is -1.52. The molecular weight excluding hydrogens is 362 g/mol. The quantitative estimate of drug-likeness (QED) is 0.609. The van der Waals surface area contributed by atoms with Gasteiger partial charge in [-0.1, -0.05) is 0 Å². The fraction of sp³-hybridized carbons (Fsp3) is 0.100. The molecule has 0 amide bonds. The van der Waals surface area contributed by atoms with E-state index in [2.05, 4.69) is 97.9 Å². The van der Waals surface area contributed by atoms with Crippen LogP contribution in [0.5, 0.6) is 0 Å². The molecule has 0 atom stereocenters. The van der Waals surface area contributed by atoms with Crippen LogP contribution in [0.2, 0.25) is 4.37 Å². The van der Waals surface area contributed by atoms with Crippen LogP contribution >= 0.6 is 0 Å². The Morgan fingerprint density at radius 3 is 1.05 bits per heavy atom. The maximum atomic E-state index is 2.36. The number of rotatable bonds is 4. The van der Waals surface area contributed by atoms with E-state index in [4.69, 9.17) is 0 Å². The topological polar surface area (TPSA) is 0 Å². The summed E-state index contributed by atoms with van der Waals surface area (Å²) >= 11 is -2.70. The monoisotopic (exact) mass is 381 g/mol. The third-order valence-electron chi connectivity index (χ3n) is 4.07. The molecule has 1 heteroatoms. The number of hydrogen-bond acceptors (Lipinski definition) is 0. The molecule has 21 heavy (non-hydrogen) atoms. The minimum atomic E-state index is -2.70. The van der Waals surface area contributed by atoms with Gasteiger partial charge in [-0.3, -0.25) is 0 Å². The third kappa shape index (κ3) is 2.65. The summed E-state index contributed by atoms with van der Waals surface area (Å²) < 4.78 is 5.89. The Kier molecular flexibility index (Phi) is 4.46. The second kappa shape index (κ2) is 6.50. The van der Waals surface area contributed by atoms with Crippen LogP contribution in [0.25, 0.3) is 0 Å². The van der Waals surface area contributed by atoms with Gasteiger partial charge in [0.05, 0.1) is 0 Å². The van der Waals surface area contributed by atoms with Gasteiger partial charge in [0.25, 0.3) is 0 Å². The van der Waals surface area contributed by atoms with Crippen molar-refractivity contribution in [2.24, 2.45) is 0 Å². The second-order valence-corrected chi connectivity index (χ2v) is 16.0. The van der Waals surface area contributed by atoms with E-state index in [1.165, 1.54) is 4.37 Å². The van der Waals surface area contributed by atoms with Crippen molar-refractivity contribution < 1.29 is 0 Å². The number of benzene rings is 3. The Bertz CT molecular complexity index is 578. The second-order valence-electron chi connectivity index (χ2n) is 5.13. The number of hydrogen-bond donors (Lipinski definition) is 0. The first-order valence-electron chi connectivity index (χ1n) is 7.43. The van der Waals surface area contributed by atoms with E-state index in [0.29, 0.717) is 0 Å². The van der Waals surface area contributed by atoms with Gasteiger partial charge in [-0.25, -0.2) is 0 Å². The summed E-state index contributed by atoms with van der Waals surface area (Å²) in [6.45, 7) is 2.36. The van der Waals surface area contributed by atoms with Crippen LogP contribution in [0, 0.1) is 0 Å². The average molecular weight is 382 g/mol. The molecule has 1 radical (unpaired) electrons. The molecule has 0 aliphatic rings. The summed E-state index contributed by atoms with van der Waals surface area (Å²) in [5.74, 6) is 0. The van der Waals surface area contributed by atoms with E-state index >= 15 is 0 Å². The van der Waals surface area contributed by atoms with Gasteiger partial charge < -0.3 is 0 Å². The summed E-state index contributed by atoms with van der Waals surface area (Å²) in [5.41, 5.74) is 0. The maximum absolute atomic E-state index is 2.70. The SMILES string of the molecule is C[CH2][Sb]([c]1ccccc1)([c]1ccccc1)[c]1ccccc1. The average Bonchev–Trinajstić information content (AvgIpc) is 2.59. The predicted molar refractivity (Wildman–Crippen MR) is 94.5 cm³/mol. The molecule has 0 heterocycles. The Labute approximate surface area is 131 Å². The van der Waals surface area contributed by atoms with Crippen LogP contribution in [0.4, 0.5) is 0 Å². The normalized spacial score (nSPS) is 11.3. The summed E-state index contributed by atoms with van der Waals surface area (Å²) in [7, 11) is 0. The predicted octanol–water partition coefficient (Wildman–Crippen LogP) is 3.18. The molecule has 0 nitrogen and oxygen atoms in total. The van der Waals surface area contributed by atoms with E-state index in [-0.39, 0.29) is 0 Å². The summed E-state index contributed by atoms with van der Waals surface area (Å²) in [5, 5.41) is 0. The van der Waals surface area contributed by atoms with Gasteiger partial charge in [-0.2, -0.15) is 0 Å². The molecule has 0 aliphatic carbocycles. The zero-order chi connectivity index (χ0) is 14.5. The van der Waals surface area contributed by atoms with Crippen molar-refractivity contribution in [2.75, 3.05) is 0 Å².